The molecule has 3 heterocycles. The molecule has 8 heteroatoms. The number of piperidine rings is 1. The molecule has 5 rings (SSSR count). The summed E-state index contributed by atoms with van der Waals surface area (Å²) >= 11 is 0. The molecule has 0 bridgehead atoms. The van der Waals surface area contributed by atoms with E-state index in [4.69, 9.17) is 4.74 Å². The molecule has 0 saturated carbocycles. The number of fused-ring (bicyclic) bond motifs is 1. The van der Waals surface area contributed by atoms with Crippen LogP contribution < -0.4 is 20.5 Å². The van der Waals surface area contributed by atoms with E-state index in [2.05, 4.69) is 28.3 Å². The fourth-order valence-electron chi connectivity index (χ4n) is 4.74. The van der Waals surface area contributed by atoms with E-state index in [9.17, 15) is 14.9 Å². The van der Waals surface area contributed by atoms with Crippen molar-refractivity contribution < 1.29 is 9.53 Å². The third kappa shape index (κ3) is 4.62. The van der Waals surface area contributed by atoms with Crippen molar-refractivity contribution in [2.24, 2.45) is 11.8 Å². The van der Waals surface area contributed by atoms with E-state index in [0.717, 1.165) is 31.5 Å². The van der Waals surface area contributed by atoms with Crippen LogP contribution in [0, 0.1) is 23.2 Å². The average Bonchev–Trinajstić information content (AvgIpc) is 2.88. The lowest BCUT2D eigenvalue weighted by Crippen LogP contribution is -2.40. The number of carbonyl (C=O) groups excluding carboxylic acids is 1. The minimum atomic E-state index is -1.04. The number of carbonyl (C=O) groups is 1. The van der Waals surface area contributed by atoms with Gasteiger partial charge in [-0.3, -0.25) is 14.6 Å². The van der Waals surface area contributed by atoms with Crippen LogP contribution in [0.3, 0.4) is 0 Å². The molecule has 178 valence electrons. The molecule has 8 nitrogen and oxygen atoms in total. The number of benzene rings is 2. The Labute approximate surface area is 203 Å². The zero-order chi connectivity index (χ0) is 24.4. The number of amides is 1. The van der Waals surface area contributed by atoms with Crippen molar-refractivity contribution in [3.8, 4) is 11.8 Å². The van der Waals surface area contributed by atoms with E-state index in [1.807, 2.05) is 35.2 Å². The molecular formula is C27H27N5O3. The quantitative estimate of drug-likeness (QED) is 0.588. The van der Waals surface area contributed by atoms with Crippen molar-refractivity contribution in [1.29, 1.82) is 5.26 Å². The Kier molecular flexibility index (Phi) is 6.23. The van der Waals surface area contributed by atoms with Crippen molar-refractivity contribution in [1.82, 2.24) is 9.97 Å². The van der Waals surface area contributed by atoms with Crippen LogP contribution in [0.1, 0.15) is 42.4 Å². The largest absolute Gasteiger partial charge is 0.489 e. The first-order valence-corrected chi connectivity index (χ1v) is 11.9. The summed E-state index contributed by atoms with van der Waals surface area (Å²) in [5, 5.41) is 12.5. The Morgan fingerprint density at radius 3 is 2.49 bits per heavy atom. The molecule has 0 aliphatic carbocycles. The number of hydrogen-bond donors (Lipinski definition) is 2. The van der Waals surface area contributed by atoms with Gasteiger partial charge in [0, 0.05) is 19.0 Å². The van der Waals surface area contributed by atoms with Gasteiger partial charge in [0.2, 0.25) is 11.9 Å². The second-order valence-corrected chi connectivity index (χ2v) is 9.24. The first-order valence-electron chi connectivity index (χ1n) is 11.9. The molecule has 1 fully saturated rings. The summed E-state index contributed by atoms with van der Waals surface area (Å²) in [7, 11) is 0. The number of aromatic nitrogens is 2. The Hall–Kier alpha value is -4.12. The minimum Gasteiger partial charge on any atom is -0.489 e. The highest BCUT2D eigenvalue weighted by atomic mass is 16.5. The molecule has 0 spiro atoms. The fourth-order valence-corrected chi connectivity index (χ4v) is 4.74. The lowest BCUT2D eigenvalue weighted by atomic mass is 9.79. The molecule has 35 heavy (non-hydrogen) atoms. The summed E-state index contributed by atoms with van der Waals surface area (Å²) in [6.07, 6.45) is 2.04. The van der Waals surface area contributed by atoms with Gasteiger partial charge in [0.15, 0.2) is 0 Å². The molecular weight excluding hydrogens is 442 g/mol. The van der Waals surface area contributed by atoms with Crippen molar-refractivity contribution in [3.63, 3.8) is 0 Å². The Balaban J connectivity index is 1.44. The summed E-state index contributed by atoms with van der Waals surface area (Å²) in [6.45, 7) is 4.24. The van der Waals surface area contributed by atoms with Crippen LogP contribution >= 0.6 is 0 Å². The molecule has 2 N–H and O–H groups in total. The van der Waals surface area contributed by atoms with E-state index in [0.29, 0.717) is 35.3 Å². The monoisotopic (exact) mass is 469 g/mol. The molecule has 2 atom stereocenters. The van der Waals surface area contributed by atoms with Crippen LogP contribution in [-0.4, -0.2) is 29.0 Å². The highest BCUT2D eigenvalue weighted by Gasteiger charge is 2.40. The molecule has 2 aromatic carbocycles. The smallest absolute Gasteiger partial charge is 0.258 e. The zero-order valence-corrected chi connectivity index (χ0v) is 19.5. The molecule has 1 aromatic heterocycles. The Bertz CT molecular complexity index is 1310. The number of H-pyrrole nitrogens is 1. The van der Waals surface area contributed by atoms with Crippen LogP contribution in [-0.2, 0) is 11.4 Å². The molecule has 2 aliphatic heterocycles. The van der Waals surface area contributed by atoms with Gasteiger partial charge >= 0.3 is 0 Å². The second kappa shape index (κ2) is 9.63. The Morgan fingerprint density at radius 1 is 1.09 bits per heavy atom. The van der Waals surface area contributed by atoms with E-state index >= 15 is 0 Å². The third-order valence-corrected chi connectivity index (χ3v) is 6.82. The van der Waals surface area contributed by atoms with Crippen LogP contribution in [0.4, 0.5) is 11.8 Å². The number of hydrogen-bond acceptors (Lipinski definition) is 6. The van der Waals surface area contributed by atoms with Crippen LogP contribution in [0.2, 0.25) is 0 Å². The number of nitrogens with zero attached hydrogens (tertiary/aromatic N) is 3. The maximum absolute atomic E-state index is 13.3. The van der Waals surface area contributed by atoms with E-state index < -0.39 is 17.7 Å². The number of aromatic amines is 1. The zero-order valence-electron chi connectivity index (χ0n) is 19.5. The second-order valence-electron chi connectivity index (χ2n) is 9.24. The predicted molar refractivity (Wildman–Crippen MR) is 132 cm³/mol. The number of nitriles is 1. The van der Waals surface area contributed by atoms with Crippen molar-refractivity contribution >= 4 is 17.7 Å². The van der Waals surface area contributed by atoms with Crippen LogP contribution in [0.5, 0.6) is 5.75 Å². The first-order chi connectivity index (χ1) is 17.0. The highest BCUT2D eigenvalue weighted by Crippen LogP contribution is 2.38. The van der Waals surface area contributed by atoms with Gasteiger partial charge in [-0.2, -0.15) is 10.2 Å². The van der Waals surface area contributed by atoms with Crippen LogP contribution in [0.25, 0.3) is 0 Å². The van der Waals surface area contributed by atoms with E-state index in [-0.39, 0.29) is 11.4 Å². The minimum absolute atomic E-state index is 0.230. The summed E-state index contributed by atoms with van der Waals surface area (Å²) in [4.78, 5) is 35.6. The third-order valence-electron chi connectivity index (χ3n) is 6.82. The summed E-state index contributed by atoms with van der Waals surface area (Å²) in [5.74, 6) is -0.232. The number of rotatable bonds is 5. The maximum Gasteiger partial charge on any atom is 0.258 e. The average molecular weight is 470 g/mol. The number of nitrogens with one attached hydrogen (secondary N) is 2. The van der Waals surface area contributed by atoms with Gasteiger partial charge in [-0.15, -0.1) is 0 Å². The van der Waals surface area contributed by atoms with Gasteiger partial charge in [0.05, 0.1) is 11.6 Å². The molecule has 3 aromatic rings. The van der Waals surface area contributed by atoms with Gasteiger partial charge in [-0.25, -0.2) is 0 Å². The standard InChI is InChI=1S/C27H27N5O3/c1-17-11-13-32(14-12-17)27-30-24-23(26(34)31-27)22(21(15-28)25(33)29-24)19-7-9-20(10-8-19)35-16-18-5-3-2-4-6-18/h2-10,17,21-22H,11-14,16H2,1H3,(H2,29,30,31,33,34). The van der Waals surface area contributed by atoms with E-state index in [1.165, 1.54) is 0 Å². The summed E-state index contributed by atoms with van der Waals surface area (Å²) in [6, 6.07) is 19.1. The number of ether oxygens (including phenoxy) is 1. The lowest BCUT2D eigenvalue weighted by Gasteiger charge is -2.33. The maximum atomic E-state index is 13.3. The molecule has 1 amide bonds. The molecule has 2 unspecified atom stereocenters. The molecule has 2 aliphatic rings. The molecule has 1 saturated heterocycles. The van der Waals surface area contributed by atoms with Crippen molar-refractivity contribution in [2.45, 2.75) is 32.3 Å². The Morgan fingerprint density at radius 2 is 1.80 bits per heavy atom. The predicted octanol–water partition coefficient (Wildman–Crippen LogP) is 3.81. The van der Waals surface area contributed by atoms with Gasteiger partial charge in [-0.1, -0.05) is 49.4 Å². The van der Waals surface area contributed by atoms with Gasteiger partial charge in [0.25, 0.3) is 5.56 Å². The topological polar surface area (TPSA) is 111 Å². The summed E-state index contributed by atoms with van der Waals surface area (Å²) < 4.78 is 5.86. The fraction of sp³-hybridized carbons (Fsp3) is 0.333. The molecule has 0 radical (unpaired) electrons. The van der Waals surface area contributed by atoms with Crippen molar-refractivity contribution in [2.75, 3.05) is 23.3 Å². The van der Waals surface area contributed by atoms with Gasteiger partial charge < -0.3 is 15.0 Å². The first kappa shape index (κ1) is 22.7. The summed E-state index contributed by atoms with van der Waals surface area (Å²) in [5.41, 5.74) is 1.71. The van der Waals surface area contributed by atoms with Gasteiger partial charge in [-0.05, 0) is 42.0 Å². The number of anilines is 2. The SMILES string of the molecule is CC1CCN(c2nc3c(c(=O)[nH]2)C(c2ccc(OCc4ccccc4)cc2)C(C#N)C(=O)N3)CC1. The highest BCUT2D eigenvalue weighted by molar-refractivity contribution is 5.98. The lowest BCUT2D eigenvalue weighted by molar-refractivity contribution is -0.119. The van der Waals surface area contributed by atoms with Gasteiger partial charge in [0.1, 0.15) is 24.1 Å². The van der Waals surface area contributed by atoms with E-state index in [1.54, 1.807) is 24.3 Å². The normalized spacial score (nSPS) is 20.0. The van der Waals surface area contributed by atoms with Crippen LogP contribution in [0.15, 0.2) is 59.4 Å². The van der Waals surface area contributed by atoms with Crippen molar-refractivity contribution in [3.05, 3.63) is 81.6 Å².